The normalized spacial score (nSPS) is 27.5. The molecular formula is C16H33NO2S. The SMILES string of the molecule is CC(C)CNCC(C)C(C)C1CCCC(S(C)(=O)=O)C1. The van der Waals surface area contributed by atoms with Crippen molar-refractivity contribution < 1.29 is 8.42 Å². The molecule has 0 saturated heterocycles. The van der Waals surface area contributed by atoms with Gasteiger partial charge >= 0.3 is 0 Å². The Hall–Kier alpha value is -0.0900. The zero-order valence-electron chi connectivity index (χ0n) is 13.9. The summed E-state index contributed by atoms with van der Waals surface area (Å²) >= 11 is 0. The molecule has 1 rings (SSSR count). The van der Waals surface area contributed by atoms with E-state index in [1.54, 1.807) is 0 Å². The van der Waals surface area contributed by atoms with Gasteiger partial charge in [0.1, 0.15) is 9.84 Å². The Morgan fingerprint density at radius 2 is 1.75 bits per heavy atom. The Kier molecular flexibility index (Phi) is 6.99. The van der Waals surface area contributed by atoms with Gasteiger partial charge in [-0.15, -0.1) is 0 Å². The van der Waals surface area contributed by atoms with E-state index in [-0.39, 0.29) is 5.25 Å². The molecule has 0 heterocycles. The molecule has 1 saturated carbocycles. The lowest BCUT2D eigenvalue weighted by atomic mass is 9.75. The van der Waals surface area contributed by atoms with Crippen molar-refractivity contribution in [2.24, 2.45) is 23.7 Å². The Balaban J connectivity index is 2.47. The van der Waals surface area contributed by atoms with Crippen LogP contribution in [0.25, 0.3) is 0 Å². The molecular weight excluding hydrogens is 270 g/mol. The van der Waals surface area contributed by atoms with Crippen LogP contribution < -0.4 is 5.32 Å². The average Bonchev–Trinajstić information content (AvgIpc) is 2.36. The van der Waals surface area contributed by atoms with Crippen molar-refractivity contribution in [3.63, 3.8) is 0 Å². The van der Waals surface area contributed by atoms with Crippen LogP contribution in [0.4, 0.5) is 0 Å². The van der Waals surface area contributed by atoms with Gasteiger partial charge in [0.05, 0.1) is 5.25 Å². The summed E-state index contributed by atoms with van der Waals surface area (Å²) in [5.74, 6) is 2.46. The number of nitrogens with one attached hydrogen (secondary N) is 1. The highest BCUT2D eigenvalue weighted by molar-refractivity contribution is 7.91. The Labute approximate surface area is 125 Å². The topological polar surface area (TPSA) is 46.2 Å². The number of hydrogen-bond acceptors (Lipinski definition) is 3. The average molecular weight is 304 g/mol. The van der Waals surface area contributed by atoms with Crippen LogP contribution in [-0.4, -0.2) is 33.0 Å². The van der Waals surface area contributed by atoms with E-state index >= 15 is 0 Å². The van der Waals surface area contributed by atoms with Gasteiger partial charge in [0, 0.05) is 6.26 Å². The molecule has 4 heteroatoms. The predicted octanol–water partition coefficient (Wildman–Crippen LogP) is 3.11. The molecule has 120 valence electrons. The lowest BCUT2D eigenvalue weighted by molar-refractivity contribution is 0.201. The van der Waals surface area contributed by atoms with Crippen LogP contribution in [0.5, 0.6) is 0 Å². The van der Waals surface area contributed by atoms with Gasteiger partial charge in [-0.1, -0.05) is 40.5 Å². The van der Waals surface area contributed by atoms with Gasteiger partial charge in [-0.25, -0.2) is 8.42 Å². The van der Waals surface area contributed by atoms with Gasteiger partial charge in [-0.2, -0.15) is 0 Å². The molecule has 1 aliphatic carbocycles. The first-order valence-electron chi connectivity index (χ1n) is 8.11. The number of sulfone groups is 1. The van der Waals surface area contributed by atoms with E-state index in [2.05, 4.69) is 33.0 Å². The Morgan fingerprint density at radius 3 is 2.30 bits per heavy atom. The molecule has 1 fully saturated rings. The van der Waals surface area contributed by atoms with E-state index in [1.165, 1.54) is 12.7 Å². The lowest BCUT2D eigenvalue weighted by Gasteiger charge is -2.35. The molecule has 4 unspecified atom stereocenters. The van der Waals surface area contributed by atoms with E-state index in [0.29, 0.717) is 23.7 Å². The van der Waals surface area contributed by atoms with Crippen molar-refractivity contribution >= 4 is 9.84 Å². The highest BCUT2D eigenvalue weighted by atomic mass is 32.2. The zero-order valence-corrected chi connectivity index (χ0v) is 14.7. The minimum atomic E-state index is -2.86. The Morgan fingerprint density at radius 1 is 1.10 bits per heavy atom. The smallest absolute Gasteiger partial charge is 0.150 e. The predicted molar refractivity (Wildman–Crippen MR) is 86.6 cm³/mol. The van der Waals surface area contributed by atoms with Crippen molar-refractivity contribution in [3.8, 4) is 0 Å². The van der Waals surface area contributed by atoms with E-state index in [9.17, 15) is 8.42 Å². The summed E-state index contributed by atoms with van der Waals surface area (Å²) < 4.78 is 23.5. The van der Waals surface area contributed by atoms with Crippen LogP contribution in [0.3, 0.4) is 0 Å². The minimum Gasteiger partial charge on any atom is -0.316 e. The van der Waals surface area contributed by atoms with Crippen LogP contribution in [0.15, 0.2) is 0 Å². The van der Waals surface area contributed by atoms with Crippen LogP contribution in [0, 0.1) is 23.7 Å². The second-order valence-corrected chi connectivity index (χ2v) is 9.59. The number of rotatable bonds is 7. The van der Waals surface area contributed by atoms with Crippen LogP contribution in [0.1, 0.15) is 53.4 Å². The maximum atomic E-state index is 11.8. The molecule has 0 aromatic carbocycles. The van der Waals surface area contributed by atoms with E-state index < -0.39 is 9.84 Å². The summed E-state index contributed by atoms with van der Waals surface area (Å²) in [4.78, 5) is 0. The van der Waals surface area contributed by atoms with Gasteiger partial charge in [0.25, 0.3) is 0 Å². The molecule has 1 N–H and O–H groups in total. The van der Waals surface area contributed by atoms with Crippen molar-refractivity contribution in [3.05, 3.63) is 0 Å². The number of hydrogen-bond donors (Lipinski definition) is 1. The summed E-state index contributed by atoms with van der Waals surface area (Å²) in [5.41, 5.74) is 0. The molecule has 3 nitrogen and oxygen atoms in total. The summed E-state index contributed by atoms with van der Waals surface area (Å²) in [7, 11) is -2.86. The highest BCUT2D eigenvalue weighted by Gasteiger charge is 2.33. The maximum absolute atomic E-state index is 11.8. The molecule has 0 spiro atoms. The molecule has 0 amide bonds. The van der Waals surface area contributed by atoms with Gasteiger partial charge in [-0.3, -0.25) is 0 Å². The van der Waals surface area contributed by atoms with Crippen molar-refractivity contribution in [1.29, 1.82) is 0 Å². The molecule has 20 heavy (non-hydrogen) atoms. The van der Waals surface area contributed by atoms with Gasteiger partial charge in [-0.05, 0) is 49.6 Å². The monoisotopic (exact) mass is 303 g/mol. The third kappa shape index (κ3) is 5.72. The quantitative estimate of drug-likeness (QED) is 0.786. The van der Waals surface area contributed by atoms with Crippen molar-refractivity contribution in [1.82, 2.24) is 5.32 Å². The first-order chi connectivity index (χ1) is 9.21. The molecule has 1 aliphatic rings. The molecule has 0 aromatic heterocycles. The summed E-state index contributed by atoms with van der Waals surface area (Å²) in [6.07, 6.45) is 5.40. The van der Waals surface area contributed by atoms with Crippen LogP contribution in [-0.2, 0) is 9.84 Å². The van der Waals surface area contributed by atoms with E-state index in [4.69, 9.17) is 0 Å². The summed E-state index contributed by atoms with van der Waals surface area (Å²) in [5, 5.41) is 3.43. The zero-order chi connectivity index (χ0) is 15.3. The van der Waals surface area contributed by atoms with Gasteiger partial charge in [0.2, 0.25) is 0 Å². The fourth-order valence-corrected chi connectivity index (χ4v) is 4.49. The second-order valence-electron chi connectivity index (χ2n) is 7.27. The van der Waals surface area contributed by atoms with Crippen molar-refractivity contribution in [2.45, 2.75) is 58.6 Å². The summed E-state index contributed by atoms with van der Waals surface area (Å²) in [6.45, 7) is 11.1. The fraction of sp³-hybridized carbons (Fsp3) is 1.00. The highest BCUT2D eigenvalue weighted by Crippen LogP contribution is 2.36. The molecule has 4 atom stereocenters. The lowest BCUT2D eigenvalue weighted by Crippen LogP contribution is -2.35. The fourth-order valence-electron chi connectivity index (χ4n) is 3.30. The largest absolute Gasteiger partial charge is 0.316 e. The third-order valence-electron chi connectivity index (χ3n) is 4.93. The molecule has 0 radical (unpaired) electrons. The standard InChI is InChI=1S/C16H33NO2S/c1-12(2)10-17-11-13(3)14(4)15-7-6-8-16(9-15)20(5,18)19/h12-17H,6-11H2,1-5H3. The van der Waals surface area contributed by atoms with Gasteiger partial charge < -0.3 is 5.32 Å². The second kappa shape index (κ2) is 7.79. The third-order valence-corrected chi connectivity index (χ3v) is 6.57. The molecule has 0 bridgehead atoms. The minimum absolute atomic E-state index is 0.0977. The first-order valence-corrected chi connectivity index (χ1v) is 10.1. The van der Waals surface area contributed by atoms with Crippen LogP contribution in [0.2, 0.25) is 0 Å². The van der Waals surface area contributed by atoms with Crippen LogP contribution >= 0.6 is 0 Å². The van der Waals surface area contributed by atoms with Crippen molar-refractivity contribution in [2.75, 3.05) is 19.3 Å². The maximum Gasteiger partial charge on any atom is 0.150 e. The summed E-state index contributed by atoms with van der Waals surface area (Å²) in [6, 6.07) is 0. The van der Waals surface area contributed by atoms with Gasteiger partial charge in [0.15, 0.2) is 0 Å². The van der Waals surface area contributed by atoms with E-state index in [0.717, 1.165) is 32.4 Å². The Bertz CT molecular complexity index is 378. The molecule has 0 aliphatic heterocycles. The molecule has 0 aromatic rings. The van der Waals surface area contributed by atoms with E-state index in [1.807, 2.05) is 0 Å². The first kappa shape index (κ1) is 18.0.